The molecule has 0 saturated heterocycles. The molecule has 0 saturated carbocycles. The minimum Gasteiger partial charge on any atom is -0.369 e. The number of aryl methyl sites for hydroxylation is 1. The molecule has 0 radical (unpaired) electrons. The fourth-order valence-corrected chi connectivity index (χ4v) is 4.37. The summed E-state index contributed by atoms with van der Waals surface area (Å²) in [6.45, 7) is 2.21. The third-order valence-electron chi connectivity index (χ3n) is 3.66. The summed E-state index contributed by atoms with van der Waals surface area (Å²) in [5.74, 6) is 1.25. The van der Waals surface area contributed by atoms with Crippen LogP contribution in [-0.2, 0) is 21.4 Å². The Kier molecular flexibility index (Phi) is 7.71. The minimum atomic E-state index is -4.11. The molecule has 0 spiro atoms. The van der Waals surface area contributed by atoms with Gasteiger partial charge in [0.1, 0.15) is 0 Å². The molecule has 2 rings (SSSR count). The number of guanidine groups is 1. The van der Waals surface area contributed by atoms with Gasteiger partial charge in [0.05, 0.1) is 18.6 Å². The molecule has 0 bridgehead atoms. The van der Waals surface area contributed by atoms with E-state index in [0.717, 1.165) is 21.6 Å². The molecule has 4 N–H and O–H groups in total. The molecule has 0 amide bonds. The zero-order valence-electron chi connectivity index (χ0n) is 14.8. The molecule has 1 aromatic carbocycles. The number of rotatable bonds is 9. The molecule has 142 valence electrons. The standard InChI is InChI=1S/C16H24N5O3PS/c1-13-15(20-12-19-13)11-26-9-8-21(16(17)18-2)25(22,23)24-10-14-6-4-3-5-7-14/h3-7,12H,8-11H2,1-2H3,(H2,17,18)(H,19,20)(H,22,23). The van der Waals surface area contributed by atoms with Crippen LogP contribution in [0.1, 0.15) is 17.0 Å². The normalized spacial score (nSPS) is 14.2. The number of nitrogens with one attached hydrogen (secondary N) is 1. The Labute approximate surface area is 157 Å². The largest absolute Gasteiger partial charge is 0.435 e. The monoisotopic (exact) mass is 397 g/mol. The Morgan fingerprint density at radius 3 is 2.81 bits per heavy atom. The average Bonchev–Trinajstić information content (AvgIpc) is 3.05. The van der Waals surface area contributed by atoms with Gasteiger partial charge < -0.3 is 15.6 Å². The summed E-state index contributed by atoms with van der Waals surface area (Å²) in [6.07, 6.45) is 1.65. The van der Waals surface area contributed by atoms with Crippen molar-refractivity contribution in [1.29, 1.82) is 0 Å². The Hall–Kier alpha value is -1.80. The molecular formula is C16H24N5O3PS. The van der Waals surface area contributed by atoms with E-state index in [1.54, 1.807) is 18.1 Å². The number of thioether (sulfide) groups is 1. The van der Waals surface area contributed by atoms with Gasteiger partial charge in [-0.15, -0.1) is 0 Å². The highest BCUT2D eigenvalue weighted by Crippen LogP contribution is 2.47. The number of hydrogen-bond acceptors (Lipinski definition) is 5. The van der Waals surface area contributed by atoms with Crippen LogP contribution in [0.2, 0.25) is 0 Å². The smallest absolute Gasteiger partial charge is 0.369 e. The molecule has 1 heterocycles. The third-order valence-corrected chi connectivity index (χ3v) is 6.09. The van der Waals surface area contributed by atoms with Gasteiger partial charge in [-0.25, -0.2) is 14.2 Å². The highest BCUT2D eigenvalue weighted by atomic mass is 32.2. The molecule has 1 aromatic heterocycles. The fraction of sp³-hybridized carbons (Fsp3) is 0.375. The van der Waals surface area contributed by atoms with Crippen molar-refractivity contribution in [3.05, 3.63) is 53.6 Å². The number of H-pyrrole nitrogens is 1. The summed E-state index contributed by atoms with van der Waals surface area (Å²) in [5, 5.41) is 0. The predicted molar refractivity (Wildman–Crippen MR) is 105 cm³/mol. The van der Waals surface area contributed by atoms with Crippen LogP contribution in [0.3, 0.4) is 0 Å². The van der Waals surface area contributed by atoms with E-state index in [0.29, 0.717) is 11.5 Å². The molecule has 1 unspecified atom stereocenters. The van der Waals surface area contributed by atoms with E-state index in [2.05, 4.69) is 15.0 Å². The number of imidazole rings is 1. The molecule has 1 atom stereocenters. The van der Waals surface area contributed by atoms with E-state index in [4.69, 9.17) is 10.3 Å². The van der Waals surface area contributed by atoms with Crippen molar-refractivity contribution < 1.29 is 14.0 Å². The average molecular weight is 397 g/mol. The first kappa shape index (κ1) is 20.5. The molecule has 0 aliphatic rings. The maximum Gasteiger partial charge on any atom is 0.435 e. The van der Waals surface area contributed by atoms with E-state index >= 15 is 0 Å². The number of aromatic nitrogens is 2. The number of hydrogen-bond donors (Lipinski definition) is 3. The van der Waals surface area contributed by atoms with Crippen molar-refractivity contribution in [3.63, 3.8) is 0 Å². The summed E-state index contributed by atoms with van der Waals surface area (Å²) < 4.78 is 19.0. The van der Waals surface area contributed by atoms with Gasteiger partial charge in [-0.3, -0.25) is 9.52 Å². The number of aliphatic imine (C=N–C) groups is 1. The van der Waals surface area contributed by atoms with Crippen molar-refractivity contribution in [2.24, 2.45) is 10.7 Å². The lowest BCUT2D eigenvalue weighted by molar-refractivity contribution is 0.218. The number of benzene rings is 1. The van der Waals surface area contributed by atoms with E-state index in [-0.39, 0.29) is 19.1 Å². The van der Waals surface area contributed by atoms with Gasteiger partial charge in [0.15, 0.2) is 5.96 Å². The maximum atomic E-state index is 12.6. The molecule has 26 heavy (non-hydrogen) atoms. The lowest BCUT2D eigenvalue weighted by atomic mass is 10.2. The second-order valence-electron chi connectivity index (χ2n) is 5.48. The van der Waals surface area contributed by atoms with Gasteiger partial charge in [-0.05, 0) is 12.5 Å². The van der Waals surface area contributed by atoms with Crippen molar-refractivity contribution >= 4 is 25.5 Å². The highest BCUT2D eigenvalue weighted by molar-refractivity contribution is 7.98. The Morgan fingerprint density at radius 1 is 1.46 bits per heavy atom. The minimum absolute atomic E-state index is 0.0156. The van der Waals surface area contributed by atoms with E-state index in [1.807, 2.05) is 37.3 Å². The Bertz CT molecular complexity index is 768. The van der Waals surface area contributed by atoms with Crippen molar-refractivity contribution in [2.75, 3.05) is 19.3 Å². The van der Waals surface area contributed by atoms with Gasteiger partial charge in [0.25, 0.3) is 0 Å². The lowest BCUT2D eigenvalue weighted by Crippen LogP contribution is -2.36. The van der Waals surface area contributed by atoms with Gasteiger partial charge in [-0.2, -0.15) is 11.8 Å². The fourth-order valence-electron chi connectivity index (χ4n) is 2.14. The first-order valence-electron chi connectivity index (χ1n) is 8.02. The van der Waals surface area contributed by atoms with Gasteiger partial charge in [-0.1, -0.05) is 30.3 Å². The first-order valence-corrected chi connectivity index (χ1v) is 10.7. The lowest BCUT2D eigenvalue weighted by Gasteiger charge is -2.27. The first-order chi connectivity index (χ1) is 12.4. The van der Waals surface area contributed by atoms with Crippen LogP contribution in [0.5, 0.6) is 0 Å². The molecular weight excluding hydrogens is 373 g/mol. The second kappa shape index (κ2) is 9.78. The zero-order chi connectivity index (χ0) is 19.0. The summed E-state index contributed by atoms with van der Waals surface area (Å²) in [6, 6.07) is 9.20. The van der Waals surface area contributed by atoms with Crippen LogP contribution in [0, 0.1) is 6.92 Å². The molecule has 0 aliphatic heterocycles. The molecule has 10 heteroatoms. The molecule has 2 aromatic rings. The van der Waals surface area contributed by atoms with E-state index in [9.17, 15) is 9.46 Å². The van der Waals surface area contributed by atoms with Gasteiger partial charge in [0, 0.05) is 30.8 Å². The van der Waals surface area contributed by atoms with Crippen LogP contribution in [0.15, 0.2) is 41.7 Å². The highest BCUT2D eigenvalue weighted by Gasteiger charge is 2.31. The number of nitrogens with two attached hydrogens (primary N) is 1. The quantitative estimate of drug-likeness (QED) is 0.258. The Morgan fingerprint density at radius 2 is 2.19 bits per heavy atom. The van der Waals surface area contributed by atoms with Crippen molar-refractivity contribution in [2.45, 2.75) is 19.3 Å². The Balaban J connectivity index is 1.92. The van der Waals surface area contributed by atoms with Crippen LogP contribution < -0.4 is 5.73 Å². The summed E-state index contributed by atoms with van der Waals surface area (Å²) >= 11 is 1.59. The zero-order valence-corrected chi connectivity index (χ0v) is 16.5. The third kappa shape index (κ3) is 5.88. The topological polar surface area (TPSA) is 117 Å². The molecule has 8 nitrogen and oxygen atoms in total. The summed E-state index contributed by atoms with van der Waals surface area (Å²) in [7, 11) is -2.64. The van der Waals surface area contributed by atoms with Crippen LogP contribution >= 0.6 is 19.5 Å². The maximum absolute atomic E-state index is 12.6. The molecule has 0 aliphatic carbocycles. The van der Waals surface area contributed by atoms with E-state index in [1.165, 1.54) is 7.05 Å². The summed E-state index contributed by atoms with van der Waals surface area (Å²) in [5.41, 5.74) is 8.59. The van der Waals surface area contributed by atoms with Gasteiger partial charge in [0.2, 0.25) is 0 Å². The summed E-state index contributed by atoms with van der Waals surface area (Å²) in [4.78, 5) is 21.4. The van der Waals surface area contributed by atoms with Crippen LogP contribution in [-0.4, -0.2) is 44.8 Å². The SMILES string of the molecule is CN=C(N)N(CCSCc1nc[nH]c1C)P(=O)(O)OCc1ccccc1. The molecule has 0 fully saturated rings. The number of nitrogens with zero attached hydrogens (tertiary/aromatic N) is 3. The number of aromatic amines is 1. The van der Waals surface area contributed by atoms with Crippen LogP contribution in [0.25, 0.3) is 0 Å². The van der Waals surface area contributed by atoms with Crippen molar-refractivity contribution in [1.82, 2.24) is 14.6 Å². The van der Waals surface area contributed by atoms with Gasteiger partial charge >= 0.3 is 7.75 Å². The predicted octanol–water partition coefficient (Wildman–Crippen LogP) is 2.52. The van der Waals surface area contributed by atoms with Crippen LogP contribution in [0.4, 0.5) is 0 Å². The van der Waals surface area contributed by atoms with E-state index < -0.39 is 7.75 Å². The second-order valence-corrected chi connectivity index (χ2v) is 8.31. The van der Waals surface area contributed by atoms with Crippen molar-refractivity contribution in [3.8, 4) is 0 Å².